The second kappa shape index (κ2) is 3.33. The molecule has 0 aliphatic rings. The highest BCUT2D eigenvalue weighted by Crippen LogP contribution is 2.33. The smallest absolute Gasteiger partial charge is 0.192 e. The molecule has 0 N–H and O–H groups in total. The zero-order chi connectivity index (χ0) is 10.9. The summed E-state index contributed by atoms with van der Waals surface area (Å²) in [5, 5.41) is 8.60. The number of alkyl halides is 3. The average Bonchev–Trinajstić information content (AvgIpc) is 2.01. The van der Waals surface area contributed by atoms with E-state index in [2.05, 4.69) is 0 Å². The molecule has 1 aromatic carbocycles. The predicted molar refractivity (Wildman–Crippen MR) is 45.6 cm³/mol. The van der Waals surface area contributed by atoms with Gasteiger partial charge in [0.2, 0.25) is 0 Å². The fraction of sp³-hybridized carbons (Fsp3) is 0.300. The molecule has 14 heavy (non-hydrogen) atoms. The number of nitrogens with zero attached hydrogens (tertiary/aromatic N) is 1. The lowest BCUT2D eigenvalue weighted by Gasteiger charge is -2.11. The highest BCUT2D eigenvalue weighted by molar-refractivity contribution is 5.47. The molecule has 0 fully saturated rings. The molecule has 0 saturated heterocycles. The van der Waals surface area contributed by atoms with Gasteiger partial charge in [0.25, 0.3) is 0 Å². The minimum atomic E-state index is -4.46. The Morgan fingerprint density at radius 2 is 1.79 bits per heavy atom. The molecule has 0 unspecified atom stereocenters. The van der Waals surface area contributed by atoms with Crippen LogP contribution in [0.5, 0.6) is 0 Å². The molecule has 0 amide bonds. The number of halogens is 3. The first-order valence-electron chi connectivity index (χ1n) is 3.95. The van der Waals surface area contributed by atoms with Crippen molar-refractivity contribution < 1.29 is 13.2 Å². The van der Waals surface area contributed by atoms with E-state index in [9.17, 15) is 13.2 Å². The van der Waals surface area contributed by atoms with Gasteiger partial charge in [-0.25, -0.2) is 0 Å². The summed E-state index contributed by atoms with van der Waals surface area (Å²) in [6.07, 6.45) is -4.46. The van der Waals surface area contributed by atoms with Crippen LogP contribution in [0.3, 0.4) is 0 Å². The van der Waals surface area contributed by atoms with E-state index >= 15 is 0 Å². The van der Waals surface area contributed by atoms with E-state index in [-0.39, 0.29) is 5.56 Å². The molecular formula is C10H8F3N. The summed E-state index contributed by atoms with van der Waals surface area (Å²) in [6, 6.07) is 4.13. The van der Waals surface area contributed by atoms with Gasteiger partial charge in [0, 0.05) is 0 Å². The van der Waals surface area contributed by atoms with Crippen LogP contribution in [-0.4, -0.2) is 0 Å². The molecule has 0 heterocycles. The van der Waals surface area contributed by atoms with E-state index in [1.807, 2.05) is 0 Å². The Morgan fingerprint density at radius 1 is 1.21 bits per heavy atom. The van der Waals surface area contributed by atoms with Crippen LogP contribution >= 0.6 is 0 Å². The minimum Gasteiger partial charge on any atom is -0.192 e. The van der Waals surface area contributed by atoms with E-state index < -0.39 is 11.7 Å². The van der Waals surface area contributed by atoms with Crippen molar-refractivity contribution in [3.05, 3.63) is 34.4 Å². The van der Waals surface area contributed by atoms with Gasteiger partial charge in [-0.3, -0.25) is 0 Å². The second-order valence-electron chi connectivity index (χ2n) is 3.11. The number of hydrogen-bond acceptors (Lipinski definition) is 1. The van der Waals surface area contributed by atoms with Gasteiger partial charge in [-0.05, 0) is 25.5 Å². The molecule has 0 spiro atoms. The van der Waals surface area contributed by atoms with Crippen LogP contribution in [-0.2, 0) is 6.18 Å². The quantitative estimate of drug-likeness (QED) is 0.629. The van der Waals surface area contributed by atoms with Gasteiger partial charge >= 0.3 is 6.18 Å². The molecule has 4 heteroatoms. The molecule has 1 rings (SSSR count). The van der Waals surface area contributed by atoms with Crippen molar-refractivity contribution in [2.45, 2.75) is 20.0 Å². The largest absolute Gasteiger partial charge is 0.417 e. The first kappa shape index (κ1) is 10.6. The maximum absolute atomic E-state index is 12.4. The molecule has 1 nitrogen and oxygen atoms in total. The van der Waals surface area contributed by atoms with Crippen LogP contribution in [0.2, 0.25) is 0 Å². The summed E-state index contributed by atoms with van der Waals surface area (Å²) in [5.74, 6) is 0. The highest BCUT2D eigenvalue weighted by Gasteiger charge is 2.34. The summed E-state index contributed by atoms with van der Waals surface area (Å²) in [6.45, 7) is 3.07. The van der Waals surface area contributed by atoms with Crippen molar-refractivity contribution in [1.82, 2.24) is 0 Å². The van der Waals surface area contributed by atoms with Crippen LogP contribution in [0.25, 0.3) is 0 Å². The van der Waals surface area contributed by atoms with Gasteiger partial charge in [-0.1, -0.05) is 11.6 Å². The summed E-state index contributed by atoms with van der Waals surface area (Å²) in [4.78, 5) is 0. The van der Waals surface area contributed by atoms with Gasteiger partial charge in [-0.2, -0.15) is 18.4 Å². The van der Waals surface area contributed by atoms with Crippen LogP contribution in [0.1, 0.15) is 22.3 Å². The van der Waals surface area contributed by atoms with E-state index in [0.29, 0.717) is 11.1 Å². The topological polar surface area (TPSA) is 23.8 Å². The zero-order valence-corrected chi connectivity index (χ0v) is 7.74. The Balaban J connectivity index is 3.50. The van der Waals surface area contributed by atoms with Gasteiger partial charge < -0.3 is 0 Å². The van der Waals surface area contributed by atoms with Crippen LogP contribution < -0.4 is 0 Å². The number of rotatable bonds is 0. The Hall–Kier alpha value is -1.50. The third kappa shape index (κ3) is 1.87. The van der Waals surface area contributed by atoms with Crippen molar-refractivity contribution >= 4 is 0 Å². The monoisotopic (exact) mass is 199 g/mol. The van der Waals surface area contributed by atoms with Crippen LogP contribution in [0.4, 0.5) is 13.2 Å². The van der Waals surface area contributed by atoms with Crippen molar-refractivity contribution in [3.8, 4) is 6.07 Å². The van der Waals surface area contributed by atoms with E-state index in [1.165, 1.54) is 6.92 Å². The third-order valence-electron chi connectivity index (χ3n) is 1.90. The molecular weight excluding hydrogens is 191 g/mol. The minimum absolute atomic E-state index is 0.289. The fourth-order valence-electron chi connectivity index (χ4n) is 1.34. The highest BCUT2D eigenvalue weighted by atomic mass is 19.4. The third-order valence-corrected chi connectivity index (χ3v) is 1.90. The molecule has 0 aromatic heterocycles. The summed E-state index contributed by atoms with van der Waals surface area (Å²) < 4.78 is 37.3. The van der Waals surface area contributed by atoms with Gasteiger partial charge in [-0.15, -0.1) is 0 Å². The van der Waals surface area contributed by atoms with Gasteiger partial charge in [0.05, 0.1) is 11.1 Å². The molecule has 0 radical (unpaired) electrons. The Morgan fingerprint density at radius 3 is 2.21 bits per heavy atom. The molecule has 0 aliphatic carbocycles. The van der Waals surface area contributed by atoms with E-state index in [0.717, 1.165) is 6.07 Å². The Bertz CT molecular complexity index is 399. The maximum Gasteiger partial charge on any atom is 0.417 e. The first-order valence-corrected chi connectivity index (χ1v) is 3.95. The zero-order valence-electron chi connectivity index (χ0n) is 7.74. The van der Waals surface area contributed by atoms with E-state index in [1.54, 1.807) is 19.1 Å². The summed E-state index contributed by atoms with van der Waals surface area (Å²) >= 11 is 0. The van der Waals surface area contributed by atoms with E-state index in [4.69, 9.17) is 5.26 Å². The number of benzene rings is 1. The lowest BCUT2D eigenvalue weighted by molar-refractivity contribution is -0.137. The molecule has 0 atom stereocenters. The molecule has 1 aromatic rings. The number of aryl methyl sites for hydroxylation is 2. The van der Waals surface area contributed by atoms with Gasteiger partial charge in [0.15, 0.2) is 0 Å². The summed E-state index contributed by atoms with van der Waals surface area (Å²) in [5.41, 5.74) is -0.269. The number of hydrogen-bond donors (Lipinski definition) is 0. The number of nitriles is 1. The Kier molecular flexibility index (Phi) is 2.52. The SMILES string of the molecule is Cc1cc(C)c(C#N)c(C(F)(F)F)c1. The van der Waals surface area contributed by atoms with Crippen molar-refractivity contribution in [2.75, 3.05) is 0 Å². The molecule has 0 aliphatic heterocycles. The van der Waals surface area contributed by atoms with Crippen LogP contribution in [0, 0.1) is 25.2 Å². The summed E-state index contributed by atoms with van der Waals surface area (Å²) in [7, 11) is 0. The lowest BCUT2D eigenvalue weighted by atomic mass is 9.99. The molecule has 74 valence electrons. The lowest BCUT2D eigenvalue weighted by Crippen LogP contribution is -2.09. The van der Waals surface area contributed by atoms with Crippen molar-refractivity contribution in [1.29, 1.82) is 5.26 Å². The second-order valence-corrected chi connectivity index (χ2v) is 3.11. The Labute approximate surface area is 79.8 Å². The standard InChI is InChI=1S/C10H8F3N/c1-6-3-7(2)8(5-14)9(4-6)10(11,12)13/h3-4H,1-2H3. The fourth-order valence-corrected chi connectivity index (χ4v) is 1.34. The average molecular weight is 199 g/mol. The maximum atomic E-state index is 12.4. The van der Waals surface area contributed by atoms with Crippen molar-refractivity contribution in [2.24, 2.45) is 0 Å². The van der Waals surface area contributed by atoms with Gasteiger partial charge in [0.1, 0.15) is 6.07 Å². The first-order chi connectivity index (χ1) is 6.36. The van der Waals surface area contributed by atoms with Crippen molar-refractivity contribution in [3.63, 3.8) is 0 Å². The molecule has 0 saturated carbocycles. The predicted octanol–water partition coefficient (Wildman–Crippen LogP) is 3.19. The normalized spacial score (nSPS) is 11.1. The molecule has 0 bridgehead atoms. The van der Waals surface area contributed by atoms with Crippen LogP contribution in [0.15, 0.2) is 12.1 Å².